The monoisotopic (exact) mass is 372 g/mol. The number of aromatic nitrogens is 1. The highest BCUT2D eigenvalue weighted by atomic mass is 32.2. The fourth-order valence-electron chi connectivity index (χ4n) is 2.16. The molecule has 2 N–H and O–H groups in total. The second kappa shape index (κ2) is 10.1. The Kier molecular flexibility index (Phi) is 7.78. The molecule has 5 nitrogen and oxygen atoms in total. The van der Waals surface area contributed by atoms with E-state index in [1.807, 2.05) is 48.2 Å². The standard InChI is InChI=1S/C20H28N4OS/c1-20(2,26-4)15-24-19(21-3)23-13-16-8-7-10-18(12-16)25-14-17-9-5-6-11-22-17/h5-12H,13-15H2,1-4H3,(H2,21,23,24). The summed E-state index contributed by atoms with van der Waals surface area (Å²) in [6.45, 7) is 6.41. The van der Waals surface area contributed by atoms with E-state index in [2.05, 4.69) is 46.8 Å². The smallest absolute Gasteiger partial charge is 0.191 e. The zero-order chi connectivity index (χ0) is 18.8. The summed E-state index contributed by atoms with van der Waals surface area (Å²) >= 11 is 1.83. The summed E-state index contributed by atoms with van der Waals surface area (Å²) in [7, 11) is 1.79. The molecule has 0 fully saturated rings. The molecule has 0 atom stereocenters. The van der Waals surface area contributed by atoms with Gasteiger partial charge in [-0.3, -0.25) is 9.98 Å². The predicted octanol–water partition coefficient (Wildman–Crippen LogP) is 3.47. The van der Waals surface area contributed by atoms with Crippen molar-refractivity contribution in [3.8, 4) is 5.75 Å². The number of hydrogen-bond donors (Lipinski definition) is 2. The van der Waals surface area contributed by atoms with Crippen LogP contribution < -0.4 is 15.4 Å². The van der Waals surface area contributed by atoms with Crippen LogP contribution in [0.25, 0.3) is 0 Å². The van der Waals surface area contributed by atoms with Gasteiger partial charge in [0.15, 0.2) is 5.96 Å². The molecule has 0 saturated carbocycles. The van der Waals surface area contributed by atoms with E-state index >= 15 is 0 Å². The summed E-state index contributed by atoms with van der Waals surface area (Å²) < 4.78 is 6.00. The summed E-state index contributed by atoms with van der Waals surface area (Å²) in [5.41, 5.74) is 2.05. The van der Waals surface area contributed by atoms with Crippen molar-refractivity contribution in [3.05, 3.63) is 59.9 Å². The second-order valence-corrected chi connectivity index (χ2v) is 8.01. The van der Waals surface area contributed by atoms with Gasteiger partial charge in [0.1, 0.15) is 12.4 Å². The van der Waals surface area contributed by atoms with Gasteiger partial charge in [0.25, 0.3) is 0 Å². The van der Waals surface area contributed by atoms with Crippen molar-refractivity contribution in [2.75, 3.05) is 19.8 Å². The number of hydrogen-bond acceptors (Lipinski definition) is 4. The zero-order valence-corrected chi connectivity index (χ0v) is 16.8. The van der Waals surface area contributed by atoms with E-state index in [0.717, 1.165) is 29.5 Å². The number of ether oxygens (including phenoxy) is 1. The van der Waals surface area contributed by atoms with Gasteiger partial charge in [0.05, 0.1) is 5.69 Å². The molecule has 1 aromatic heterocycles. The molecule has 0 amide bonds. The summed E-state index contributed by atoms with van der Waals surface area (Å²) in [5.74, 6) is 1.63. The van der Waals surface area contributed by atoms with E-state index in [-0.39, 0.29) is 4.75 Å². The minimum absolute atomic E-state index is 0.164. The third-order valence-electron chi connectivity index (χ3n) is 3.93. The van der Waals surface area contributed by atoms with Gasteiger partial charge in [-0.2, -0.15) is 11.8 Å². The van der Waals surface area contributed by atoms with Crippen LogP contribution in [-0.2, 0) is 13.2 Å². The summed E-state index contributed by atoms with van der Waals surface area (Å²) in [6.07, 6.45) is 3.89. The van der Waals surface area contributed by atoms with Gasteiger partial charge >= 0.3 is 0 Å². The van der Waals surface area contributed by atoms with Crippen LogP contribution in [0, 0.1) is 0 Å². The highest BCUT2D eigenvalue weighted by Gasteiger charge is 2.16. The quantitative estimate of drug-likeness (QED) is 0.549. The molecular weight excluding hydrogens is 344 g/mol. The highest BCUT2D eigenvalue weighted by molar-refractivity contribution is 7.99. The predicted molar refractivity (Wildman–Crippen MR) is 111 cm³/mol. The Balaban J connectivity index is 1.85. The van der Waals surface area contributed by atoms with E-state index in [9.17, 15) is 0 Å². The van der Waals surface area contributed by atoms with Gasteiger partial charge in [0, 0.05) is 31.1 Å². The minimum Gasteiger partial charge on any atom is -0.487 e. The first-order chi connectivity index (χ1) is 12.5. The molecule has 0 aliphatic carbocycles. The normalized spacial score (nSPS) is 11.9. The first-order valence-electron chi connectivity index (χ1n) is 8.64. The number of thioether (sulfide) groups is 1. The van der Waals surface area contributed by atoms with E-state index in [4.69, 9.17) is 4.74 Å². The Bertz CT molecular complexity index is 704. The van der Waals surface area contributed by atoms with Crippen LogP contribution in [0.4, 0.5) is 0 Å². The van der Waals surface area contributed by atoms with Crippen molar-refractivity contribution in [2.24, 2.45) is 4.99 Å². The average Bonchev–Trinajstić information content (AvgIpc) is 2.67. The van der Waals surface area contributed by atoms with Crippen molar-refractivity contribution in [1.82, 2.24) is 15.6 Å². The van der Waals surface area contributed by atoms with Gasteiger partial charge < -0.3 is 15.4 Å². The lowest BCUT2D eigenvalue weighted by Gasteiger charge is -2.23. The van der Waals surface area contributed by atoms with Gasteiger partial charge in [0.2, 0.25) is 0 Å². The lowest BCUT2D eigenvalue weighted by molar-refractivity contribution is 0.301. The van der Waals surface area contributed by atoms with Crippen LogP contribution in [0.3, 0.4) is 0 Å². The van der Waals surface area contributed by atoms with E-state index in [1.165, 1.54) is 0 Å². The molecule has 6 heteroatoms. The molecule has 0 spiro atoms. The molecule has 0 aliphatic heterocycles. The first kappa shape index (κ1) is 20.1. The van der Waals surface area contributed by atoms with E-state index < -0.39 is 0 Å². The fraction of sp³-hybridized carbons (Fsp3) is 0.400. The zero-order valence-electron chi connectivity index (χ0n) is 16.0. The molecule has 26 heavy (non-hydrogen) atoms. The van der Waals surface area contributed by atoms with Crippen LogP contribution >= 0.6 is 11.8 Å². The van der Waals surface area contributed by atoms with Gasteiger partial charge in [-0.05, 0) is 49.9 Å². The molecule has 1 heterocycles. The van der Waals surface area contributed by atoms with E-state index in [0.29, 0.717) is 13.2 Å². The number of benzene rings is 1. The van der Waals surface area contributed by atoms with Gasteiger partial charge in [-0.25, -0.2) is 0 Å². The summed E-state index contributed by atoms with van der Waals surface area (Å²) in [5, 5.41) is 6.72. The Morgan fingerprint density at radius 2 is 2.04 bits per heavy atom. The number of aliphatic imine (C=N–C) groups is 1. The largest absolute Gasteiger partial charge is 0.487 e. The number of nitrogens with zero attached hydrogens (tertiary/aromatic N) is 2. The number of rotatable bonds is 8. The Morgan fingerprint density at radius 3 is 2.73 bits per heavy atom. The maximum atomic E-state index is 5.83. The number of guanidine groups is 1. The number of pyridine rings is 1. The molecule has 0 aliphatic rings. The summed E-state index contributed by atoms with van der Waals surface area (Å²) in [6, 6.07) is 13.9. The Labute approximate surface area is 160 Å². The van der Waals surface area contributed by atoms with Crippen molar-refractivity contribution >= 4 is 17.7 Å². The SMILES string of the molecule is CN=C(NCc1cccc(OCc2ccccn2)c1)NCC(C)(C)SC. The highest BCUT2D eigenvalue weighted by Crippen LogP contribution is 2.19. The molecular formula is C20H28N4OS. The fourth-order valence-corrected chi connectivity index (χ4v) is 2.38. The molecule has 2 rings (SSSR count). The lowest BCUT2D eigenvalue weighted by Crippen LogP contribution is -2.42. The topological polar surface area (TPSA) is 58.5 Å². The van der Waals surface area contributed by atoms with Gasteiger partial charge in [-0.1, -0.05) is 18.2 Å². The van der Waals surface area contributed by atoms with Gasteiger partial charge in [-0.15, -0.1) is 0 Å². The molecule has 0 unspecified atom stereocenters. The third kappa shape index (κ3) is 6.96. The van der Waals surface area contributed by atoms with Crippen molar-refractivity contribution in [2.45, 2.75) is 31.7 Å². The molecule has 0 saturated heterocycles. The van der Waals surface area contributed by atoms with Crippen LogP contribution in [0.15, 0.2) is 53.7 Å². The Hall–Kier alpha value is -2.21. The molecule has 0 bridgehead atoms. The molecule has 2 aromatic rings. The molecule has 1 aromatic carbocycles. The van der Waals surface area contributed by atoms with Crippen LogP contribution in [0.2, 0.25) is 0 Å². The first-order valence-corrected chi connectivity index (χ1v) is 9.86. The Morgan fingerprint density at radius 1 is 1.19 bits per heavy atom. The van der Waals surface area contributed by atoms with Crippen LogP contribution in [-0.4, -0.2) is 35.5 Å². The van der Waals surface area contributed by atoms with Crippen LogP contribution in [0.1, 0.15) is 25.1 Å². The minimum atomic E-state index is 0.164. The second-order valence-electron chi connectivity index (χ2n) is 6.50. The molecule has 140 valence electrons. The van der Waals surface area contributed by atoms with Crippen LogP contribution in [0.5, 0.6) is 5.75 Å². The van der Waals surface area contributed by atoms with Crippen molar-refractivity contribution < 1.29 is 4.74 Å². The number of nitrogens with one attached hydrogen (secondary N) is 2. The average molecular weight is 373 g/mol. The summed E-state index contributed by atoms with van der Waals surface area (Å²) in [4.78, 5) is 8.56. The lowest BCUT2D eigenvalue weighted by atomic mass is 10.2. The maximum Gasteiger partial charge on any atom is 0.191 e. The third-order valence-corrected chi connectivity index (χ3v) is 5.18. The van der Waals surface area contributed by atoms with Crippen molar-refractivity contribution in [1.29, 1.82) is 0 Å². The van der Waals surface area contributed by atoms with Crippen molar-refractivity contribution in [3.63, 3.8) is 0 Å². The van der Waals surface area contributed by atoms with E-state index in [1.54, 1.807) is 13.2 Å². The maximum absolute atomic E-state index is 5.83. The molecule has 0 radical (unpaired) electrons.